The van der Waals surface area contributed by atoms with Crippen molar-refractivity contribution in [2.75, 3.05) is 6.61 Å². The quantitative estimate of drug-likeness (QED) is 0.606. The molecule has 0 spiro atoms. The smallest absolute Gasteiger partial charge is 0.119 e. The van der Waals surface area contributed by atoms with Crippen LogP contribution in [0.4, 0.5) is 0 Å². The van der Waals surface area contributed by atoms with Gasteiger partial charge in [-0.25, -0.2) is 0 Å². The Morgan fingerprint density at radius 2 is 1.23 bits per heavy atom. The monoisotopic (exact) mass is 286 g/mol. The lowest BCUT2D eigenvalue weighted by molar-refractivity contribution is 0.363. The molecule has 22 heavy (non-hydrogen) atoms. The molecule has 0 amide bonds. The van der Waals surface area contributed by atoms with Gasteiger partial charge in [-0.3, -0.25) is 0 Å². The van der Waals surface area contributed by atoms with Crippen LogP contribution in [0.25, 0.3) is 17.2 Å². The van der Waals surface area contributed by atoms with Gasteiger partial charge in [0.05, 0.1) is 0 Å². The molecular weight excluding hydrogens is 268 g/mol. The fourth-order valence-electron chi connectivity index (χ4n) is 2.27. The van der Waals surface area contributed by atoms with Gasteiger partial charge in [-0.1, -0.05) is 78.9 Å². The lowest BCUT2D eigenvalue weighted by Gasteiger charge is -2.05. The van der Waals surface area contributed by atoms with E-state index in [9.17, 15) is 0 Å². The summed E-state index contributed by atoms with van der Waals surface area (Å²) in [5.41, 5.74) is 3.61. The number of hydrogen-bond acceptors (Lipinski definition) is 1. The molecule has 0 aliphatic carbocycles. The van der Waals surface area contributed by atoms with Gasteiger partial charge in [0.1, 0.15) is 12.4 Å². The van der Waals surface area contributed by atoms with E-state index in [1.807, 2.05) is 54.6 Å². The summed E-state index contributed by atoms with van der Waals surface area (Å²) in [7, 11) is 0. The molecule has 0 bridgehead atoms. The normalized spacial score (nSPS) is 10.7. The van der Waals surface area contributed by atoms with Crippen LogP contribution < -0.4 is 4.74 Å². The third kappa shape index (κ3) is 3.86. The van der Waals surface area contributed by atoms with Gasteiger partial charge in [0, 0.05) is 0 Å². The maximum absolute atomic E-state index is 5.73. The molecule has 0 N–H and O–H groups in total. The summed E-state index contributed by atoms with van der Waals surface area (Å²) in [6, 6.07) is 28.8. The van der Waals surface area contributed by atoms with E-state index in [0.717, 1.165) is 5.75 Å². The minimum Gasteiger partial charge on any atom is -0.490 e. The molecule has 108 valence electrons. The Hall–Kier alpha value is -2.80. The lowest BCUT2D eigenvalue weighted by atomic mass is 10.1. The van der Waals surface area contributed by atoms with E-state index >= 15 is 0 Å². The van der Waals surface area contributed by atoms with Gasteiger partial charge in [0.2, 0.25) is 0 Å². The van der Waals surface area contributed by atoms with E-state index < -0.39 is 0 Å². The maximum Gasteiger partial charge on any atom is 0.119 e. The molecule has 0 aliphatic rings. The summed E-state index contributed by atoms with van der Waals surface area (Å²) in [6.07, 6.45) is 4.10. The third-order valence-electron chi connectivity index (χ3n) is 3.42. The van der Waals surface area contributed by atoms with Gasteiger partial charge in [0.15, 0.2) is 0 Å². The van der Waals surface area contributed by atoms with Gasteiger partial charge in [-0.05, 0) is 34.9 Å². The highest BCUT2D eigenvalue weighted by Gasteiger charge is 1.97. The van der Waals surface area contributed by atoms with Crippen molar-refractivity contribution in [2.24, 2.45) is 0 Å². The van der Waals surface area contributed by atoms with Gasteiger partial charge in [-0.2, -0.15) is 0 Å². The topological polar surface area (TPSA) is 9.23 Å². The molecule has 0 aliphatic heterocycles. The van der Waals surface area contributed by atoms with Crippen molar-refractivity contribution >= 4 is 6.08 Å². The van der Waals surface area contributed by atoms with Crippen molar-refractivity contribution in [3.05, 3.63) is 96.6 Å². The molecule has 0 aromatic heterocycles. The molecule has 3 aromatic rings. The minimum absolute atomic E-state index is 0.569. The largest absolute Gasteiger partial charge is 0.490 e. The van der Waals surface area contributed by atoms with Crippen LogP contribution in [0.15, 0.2) is 91.0 Å². The Balaban J connectivity index is 1.57. The molecule has 3 rings (SSSR count). The maximum atomic E-state index is 5.73. The number of benzene rings is 3. The fraction of sp³-hybridized carbons (Fsp3) is 0.0476. The number of ether oxygens (including phenoxy) is 1. The van der Waals surface area contributed by atoms with E-state index in [1.54, 1.807) is 0 Å². The summed E-state index contributed by atoms with van der Waals surface area (Å²) in [6.45, 7) is 0.569. The summed E-state index contributed by atoms with van der Waals surface area (Å²) in [4.78, 5) is 0. The van der Waals surface area contributed by atoms with E-state index in [0.29, 0.717) is 6.61 Å². The van der Waals surface area contributed by atoms with Crippen LogP contribution in [-0.4, -0.2) is 6.61 Å². The minimum atomic E-state index is 0.569. The van der Waals surface area contributed by atoms with Crippen molar-refractivity contribution in [2.45, 2.75) is 0 Å². The Bertz CT molecular complexity index is 713. The Morgan fingerprint density at radius 1 is 0.636 bits per heavy atom. The third-order valence-corrected chi connectivity index (χ3v) is 3.42. The second-order valence-corrected chi connectivity index (χ2v) is 5.01. The first-order chi connectivity index (χ1) is 10.9. The molecule has 0 atom stereocenters. The zero-order valence-corrected chi connectivity index (χ0v) is 12.4. The highest BCUT2D eigenvalue weighted by molar-refractivity contribution is 5.63. The van der Waals surface area contributed by atoms with Crippen LogP contribution in [0.1, 0.15) is 5.56 Å². The molecule has 0 fully saturated rings. The van der Waals surface area contributed by atoms with Gasteiger partial charge < -0.3 is 4.74 Å². The highest BCUT2D eigenvalue weighted by atomic mass is 16.5. The van der Waals surface area contributed by atoms with Crippen LogP contribution in [0.2, 0.25) is 0 Å². The average Bonchev–Trinajstić information content (AvgIpc) is 2.61. The van der Waals surface area contributed by atoms with Gasteiger partial charge >= 0.3 is 0 Å². The van der Waals surface area contributed by atoms with Crippen molar-refractivity contribution in [3.63, 3.8) is 0 Å². The molecule has 0 radical (unpaired) electrons. The standard InChI is InChI=1S/C21H18O/c1-3-8-18(9-4-1)10-7-17-22-21-15-13-20(14-16-21)19-11-5-2-6-12-19/h1-16H,17H2. The van der Waals surface area contributed by atoms with Crippen LogP contribution in [-0.2, 0) is 0 Å². The van der Waals surface area contributed by atoms with E-state index in [2.05, 4.69) is 42.5 Å². The number of hydrogen-bond donors (Lipinski definition) is 0. The Morgan fingerprint density at radius 3 is 1.91 bits per heavy atom. The summed E-state index contributed by atoms with van der Waals surface area (Å²) in [5.74, 6) is 0.886. The lowest BCUT2D eigenvalue weighted by Crippen LogP contribution is -1.92. The molecule has 0 unspecified atom stereocenters. The van der Waals surface area contributed by atoms with Gasteiger partial charge in [0.25, 0.3) is 0 Å². The predicted octanol–water partition coefficient (Wildman–Crippen LogP) is 5.45. The second-order valence-electron chi connectivity index (χ2n) is 5.01. The van der Waals surface area contributed by atoms with Crippen LogP contribution in [0.5, 0.6) is 5.75 Å². The second kappa shape index (κ2) is 7.28. The first kappa shape index (κ1) is 14.2. The van der Waals surface area contributed by atoms with Crippen LogP contribution >= 0.6 is 0 Å². The predicted molar refractivity (Wildman–Crippen MR) is 92.8 cm³/mol. The summed E-state index contributed by atoms with van der Waals surface area (Å²) in [5, 5.41) is 0. The first-order valence-corrected chi connectivity index (χ1v) is 7.42. The van der Waals surface area contributed by atoms with Crippen molar-refractivity contribution in [1.82, 2.24) is 0 Å². The number of rotatable bonds is 5. The molecule has 0 heterocycles. The van der Waals surface area contributed by atoms with Crippen LogP contribution in [0.3, 0.4) is 0 Å². The average molecular weight is 286 g/mol. The van der Waals surface area contributed by atoms with Crippen LogP contribution in [0, 0.1) is 0 Å². The van der Waals surface area contributed by atoms with Crippen molar-refractivity contribution < 1.29 is 4.74 Å². The highest BCUT2D eigenvalue weighted by Crippen LogP contribution is 2.22. The molecule has 1 nitrogen and oxygen atoms in total. The SMILES string of the molecule is C(=Cc1ccccc1)COc1ccc(-c2ccccc2)cc1. The van der Waals surface area contributed by atoms with E-state index in [1.165, 1.54) is 16.7 Å². The summed E-state index contributed by atoms with van der Waals surface area (Å²) >= 11 is 0. The Kier molecular flexibility index (Phi) is 4.68. The Labute approximate surface area is 131 Å². The summed E-state index contributed by atoms with van der Waals surface area (Å²) < 4.78 is 5.73. The molecular formula is C21H18O. The molecule has 0 saturated carbocycles. The van der Waals surface area contributed by atoms with E-state index in [-0.39, 0.29) is 0 Å². The van der Waals surface area contributed by atoms with Crippen molar-refractivity contribution in [1.29, 1.82) is 0 Å². The zero-order chi connectivity index (χ0) is 15.0. The molecule has 1 heteroatoms. The van der Waals surface area contributed by atoms with Gasteiger partial charge in [-0.15, -0.1) is 0 Å². The van der Waals surface area contributed by atoms with Crippen molar-refractivity contribution in [3.8, 4) is 16.9 Å². The van der Waals surface area contributed by atoms with E-state index in [4.69, 9.17) is 4.74 Å². The molecule has 3 aromatic carbocycles. The zero-order valence-electron chi connectivity index (χ0n) is 12.4. The fourth-order valence-corrected chi connectivity index (χ4v) is 2.27. The molecule has 0 saturated heterocycles. The first-order valence-electron chi connectivity index (χ1n) is 7.42.